The van der Waals surface area contributed by atoms with Crippen LogP contribution in [0.5, 0.6) is 0 Å². The lowest BCUT2D eigenvalue weighted by atomic mass is 10.1. The van der Waals surface area contributed by atoms with E-state index < -0.39 is 0 Å². The van der Waals surface area contributed by atoms with Crippen molar-refractivity contribution in [2.75, 3.05) is 0 Å². The summed E-state index contributed by atoms with van der Waals surface area (Å²) >= 11 is 6.02. The van der Waals surface area contributed by atoms with Gasteiger partial charge in [-0.25, -0.2) is 0 Å². The van der Waals surface area contributed by atoms with Gasteiger partial charge in [0.05, 0.1) is 12.1 Å². The number of carbonyl (C=O) groups excluding carboxylic acids is 1. The number of hydrogen-bond donors (Lipinski definition) is 0. The molecular weight excluding hydrogens is 300 g/mol. The predicted octanol–water partition coefficient (Wildman–Crippen LogP) is 3.92. The van der Waals surface area contributed by atoms with Gasteiger partial charge in [0.2, 0.25) is 5.91 Å². The lowest BCUT2D eigenvalue weighted by molar-refractivity contribution is -0.132. The number of halogens is 1. The summed E-state index contributed by atoms with van der Waals surface area (Å²) in [5.41, 5.74) is 2.67. The summed E-state index contributed by atoms with van der Waals surface area (Å²) in [4.78, 5) is 14.5. The van der Waals surface area contributed by atoms with Crippen LogP contribution in [0.3, 0.4) is 0 Å². The summed E-state index contributed by atoms with van der Waals surface area (Å²) in [5, 5.41) is 4.59. The van der Waals surface area contributed by atoms with Crippen molar-refractivity contribution in [2.45, 2.75) is 46.7 Å². The third-order valence-corrected chi connectivity index (χ3v) is 3.93. The second kappa shape index (κ2) is 6.97. The van der Waals surface area contributed by atoms with Crippen LogP contribution in [-0.4, -0.2) is 22.0 Å². The summed E-state index contributed by atoms with van der Waals surface area (Å²) in [6, 6.07) is 7.70. The molecule has 1 aromatic carbocycles. The smallest absolute Gasteiger partial charge is 0.227 e. The van der Waals surface area contributed by atoms with Crippen LogP contribution in [0.15, 0.2) is 28.8 Å². The Bertz CT molecular complexity index is 645. The number of aryl methyl sites for hydroxylation is 2. The Labute approximate surface area is 136 Å². The first-order chi connectivity index (χ1) is 10.4. The molecule has 1 amide bonds. The largest absolute Gasteiger partial charge is 0.361 e. The van der Waals surface area contributed by atoms with E-state index in [4.69, 9.17) is 16.1 Å². The molecule has 4 nitrogen and oxygen atoms in total. The van der Waals surface area contributed by atoms with E-state index in [1.807, 2.05) is 56.9 Å². The van der Waals surface area contributed by atoms with Crippen LogP contribution in [-0.2, 0) is 17.8 Å². The molecule has 0 N–H and O–H groups in total. The number of carbonyl (C=O) groups is 1. The molecule has 0 aliphatic rings. The molecule has 0 aliphatic heterocycles. The van der Waals surface area contributed by atoms with Crippen molar-refractivity contribution in [3.05, 3.63) is 51.9 Å². The highest BCUT2D eigenvalue weighted by Crippen LogP contribution is 2.18. The van der Waals surface area contributed by atoms with Crippen molar-refractivity contribution < 1.29 is 9.32 Å². The molecule has 0 saturated heterocycles. The lowest BCUT2D eigenvalue weighted by Gasteiger charge is -2.27. The van der Waals surface area contributed by atoms with Crippen molar-refractivity contribution in [1.29, 1.82) is 0 Å². The molecule has 0 spiro atoms. The van der Waals surface area contributed by atoms with Gasteiger partial charge in [0.25, 0.3) is 0 Å². The average Bonchev–Trinajstić information content (AvgIpc) is 2.76. The number of hydrogen-bond acceptors (Lipinski definition) is 3. The Morgan fingerprint density at radius 3 is 2.64 bits per heavy atom. The number of nitrogens with zero attached hydrogens (tertiary/aromatic N) is 2. The molecule has 5 heteroatoms. The van der Waals surface area contributed by atoms with Crippen LogP contribution < -0.4 is 0 Å². The molecule has 0 saturated carbocycles. The van der Waals surface area contributed by atoms with Crippen LogP contribution >= 0.6 is 11.6 Å². The van der Waals surface area contributed by atoms with Crippen molar-refractivity contribution in [3.63, 3.8) is 0 Å². The fraction of sp³-hybridized carbons (Fsp3) is 0.412. The monoisotopic (exact) mass is 320 g/mol. The third-order valence-electron chi connectivity index (χ3n) is 3.69. The second-order valence-corrected chi connectivity index (χ2v) is 6.16. The van der Waals surface area contributed by atoms with Crippen molar-refractivity contribution in [1.82, 2.24) is 10.1 Å². The van der Waals surface area contributed by atoms with E-state index in [-0.39, 0.29) is 11.9 Å². The Morgan fingerprint density at radius 2 is 2.09 bits per heavy atom. The van der Waals surface area contributed by atoms with E-state index in [9.17, 15) is 4.79 Å². The topological polar surface area (TPSA) is 46.3 Å². The number of benzene rings is 1. The molecule has 1 heterocycles. The summed E-state index contributed by atoms with van der Waals surface area (Å²) in [6.45, 7) is 8.25. The zero-order valence-corrected chi connectivity index (χ0v) is 14.1. The Morgan fingerprint density at radius 1 is 1.36 bits per heavy atom. The van der Waals surface area contributed by atoms with Gasteiger partial charge < -0.3 is 9.42 Å². The van der Waals surface area contributed by atoms with Crippen molar-refractivity contribution in [2.24, 2.45) is 0 Å². The standard InChI is InChI=1S/C17H21ClN2O2/c1-11(2)20(10-14-6-5-7-15(18)8-14)17(21)9-16-12(3)19-22-13(16)4/h5-8,11H,9-10H2,1-4H3. The van der Waals surface area contributed by atoms with Crippen LogP contribution in [0, 0.1) is 13.8 Å². The van der Waals surface area contributed by atoms with E-state index in [0.717, 1.165) is 16.8 Å². The minimum Gasteiger partial charge on any atom is -0.361 e. The summed E-state index contributed by atoms with van der Waals surface area (Å²) in [5.74, 6) is 0.765. The molecule has 0 bridgehead atoms. The number of amides is 1. The average molecular weight is 321 g/mol. The molecule has 0 aliphatic carbocycles. The zero-order chi connectivity index (χ0) is 16.3. The molecule has 1 aromatic heterocycles. The Kier molecular flexibility index (Phi) is 5.24. The van der Waals surface area contributed by atoms with Gasteiger partial charge in [-0.05, 0) is 45.4 Å². The molecule has 22 heavy (non-hydrogen) atoms. The van der Waals surface area contributed by atoms with E-state index in [1.54, 1.807) is 0 Å². The molecule has 0 atom stereocenters. The highest BCUT2D eigenvalue weighted by Gasteiger charge is 2.21. The molecule has 2 rings (SSSR count). The van der Waals surface area contributed by atoms with Crippen LogP contribution in [0.1, 0.15) is 36.4 Å². The third kappa shape index (κ3) is 3.89. The zero-order valence-electron chi connectivity index (χ0n) is 13.4. The number of rotatable bonds is 5. The first-order valence-corrected chi connectivity index (χ1v) is 7.72. The fourth-order valence-electron chi connectivity index (χ4n) is 2.40. The molecule has 0 fully saturated rings. The summed E-state index contributed by atoms with van der Waals surface area (Å²) in [6.07, 6.45) is 0.305. The van der Waals surface area contributed by atoms with Gasteiger partial charge in [-0.1, -0.05) is 28.9 Å². The van der Waals surface area contributed by atoms with Gasteiger partial charge in [-0.15, -0.1) is 0 Å². The predicted molar refractivity (Wildman–Crippen MR) is 86.8 cm³/mol. The maximum atomic E-state index is 12.7. The normalized spacial score (nSPS) is 11.0. The van der Waals surface area contributed by atoms with Gasteiger partial charge in [0.15, 0.2) is 0 Å². The molecule has 0 unspecified atom stereocenters. The molecule has 2 aromatic rings. The van der Waals surface area contributed by atoms with E-state index in [2.05, 4.69) is 5.16 Å². The molecule has 0 radical (unpaired) electrons. The van der Waals surface area contributed by atoms with Gasteiger partial charge >= 0.3 is 0 Å². The Balaban J connectivity index is 2.15. The SMILES string of the molecule is Cc1noc(C)c1CC(=O)N(Cc1cccc(Cl)c1)C(C)C. The van der Waals surface area contributed by atoms with Gasteiger partial charge in [-0.2, -0.15) is 0 Å². The Hall–Kier alpha value is -1.81. The second-order valence-electron chi connectivity index (χ2n) is 5.72. The maximum absolute atomic E-state index is 12.7. The highest BCUT2D eigenvalue weighted by molar-refractivity contribution is 6.30. The van der Waals surface area contributed by atoms with E-state index in [0.29, 0.717) is 23.7 Å². The highest BCUT2D eigenvalue weighted by atomic mass is 35.5. The minimum atomic E-state index is 0.0596. The van der Waals surface area contributed by atoms with Crippen LogP contribution in [0.2, 0.25) is 5.02 Å². The summed E-state index contributed by atoms with van der Waals surface area (Å²) < 4.78 is 5.13. The van der Waals surface area contributed by atoms with Gasteiger partial charge in [-0.3, -0.25) is 4.79 Å². The van der Waals surface area contributed by atoms with Gasteiger partial charge in [0.1, 0.15) is 5.76 Å². The molecular formula is C17H21ClN2O2. The summed E-state index contributed by atoms with van der Waals surface area (Å²) in [7, 11) is 0. The van der Waals surface area contributed by atoms with Crippen LogP contribution in [0.4, 0.5) is 0 Å². The maximum Gasteiger partial charge on any atom is 0.227 e. The van der Waals surface area contributed by atoms with E-state index in [1.165, 1.54) is 0 Å². The van der Waals surface area contributed by atoms with Crippen molar-refractivity contribution >= 4 is 17.5 Å². The van der Waals surface area contributed by atoms with E-state index >= 15 is 0 Å². The first kappa shape index (κ1) is 16.6. The van der Waals surface area contributed by atoms with Gasteiger partial charge in [0, 0.05) is 23.2 Å². The van der Waals surface area contributed by atoms with Crippen LogP contribution in [0.25, 0.3) is 0 Å². The first-order valence-electron chi connectivity index (χ1n) is 7.34. The fourth-order valence-corrected chi connectivity index (χ4v) is 2.61. The van der Waals surface area contributed by atoms with Crippen molar-refractivity contribution in [3.8, 4) is 0 Å². The minimum absolute atomic E-state index is 0.0596. The number of aromatic nitrogens is 1. The molecule has 118 valence electrons. The quantitative estimate of drug-likeness (QED) is 0.838. The lowest BCUT2D eigenvalue weighted by Crippen LogP contribution is -2.37.